The summed E-state index contributed by atoms with van der Waals surface area (Å²) >= 11 is 0. The van der Waals surface area contributed by atoms with E-state index in [0.717, 1.165) is 21.3 Å². The molecular weight excluding hydrogens is 330 g/mol. The highest BCUT2D eigenvalue weighted by Gasteiger charge is 2.42. The Morgan fingerprint density at radius 2 is 1.32 bits per heavy atom. The summed E-state index contributed by atoms with van der Waals surface area (Å²) in [5.41, 5.74) is 0.316. The summed E-state index contributed by atoms with van der Waals surface area (Å²) in [6, 6.07) is 6.94. The second-order valence-electron chi connectivity index (χ2n) is 5.22. The number of amides is 1. The van der Waals surface area contributed by atoms with E-state index >= 15 is 0 Å². The zero-order chi connectivity index (χ0) is 19.0. The Kier molecular flexibility index (Phi) is 7.58. The molecule has 136 valence electrons. The fourth-order valence-electron chi connectivity index (χ4n) is 2.32. The maximum atomic E-state index is 12.3. The number of carbonyl (C=O) groups is 4. The van der Waals surface area contributed by atoms with Gasteiger partial charge < -0.3 is 19.5 Å². The largest absolute Gasteiger partial charge is 0.468 e. The Bertz CT molecular complexity index is 613. The molecule has 0 aliphatic heterocycles. The molecule has 0 radical (unpaired) electrons. The Balaban J connectivity index is 3.11. The first-order chi connectivity index (χ1) is 11.9. The highest BCUT2D eigenvalue weighted by Crippen LogP contribution is 2.21. The third-order valence-corrected chi connectivity index (χ3v) is 3.74. The van der Waals surface area contributed by atoms with E-state index in [-0.39, 0.29) is 0 Å². The number of carbonyl (C=O) groups excluding carboxylic acids is 4. The number of esters is 3. The average molecular weight is 351 g/mol. The predicted octanol–water partition coefficient (Wildman–Crippen LogP) is 0.556. The van der Waals surface area contributed by atoms with Crippen LogP contribution in [0.15, 0.2) is 30.3 Å². The monoisotopic (exact) mass is 351 g/mol. The number of nitrogens with one attached hydrogen (secondary N) is 1. The van der Waals surface area contributed by atoms with Crippen LogP contribution in [0.3, 0.4) is 0 Å². The SMILES string of the molecule is COC(=O)C(C(=O)OC)[C@H](C)[C@@H](NC(=O)c1ccccc1)C(=O)OC. The molecule has 1 N–H and O–H groups in total. The number of hydrogen-bond acceptors (Lipinski definition) is 7. The van der Waals surface area contributed by atoms with Gasteiger partial charge in [0.25, 0.3) is 5.91 Å². The number of rotatable bonds is 7. The normalized spacial score (nSPS) is 12.7. The van der Waals surface area contributed by atoms with Crippen LogP contribution in [0.2, 0.25) is 0 Å². The van der Waals surface area contributed by atoms with E-state index < -0.39 is 41.7 Å². The van der Waals surface area contributed by atoms with Gasteiger partial charge in [0.1, 0.15) is 6.04 Å². The van der Waals surface area contributed by atoms with Crippen LogP contribution in [0.25, 0.3) is 0 Å². The second kappa shape index (κ2) is 9.41. The van der Waals surface area contributed by atoms with Crippen molar-refractivity contribution in [2.45, 2.75) is 13.0 Å². The van der Waals surface area contributed by atoms with E-state index in [4.69, 9.17) is 0 Å². The van der Waals surface area contributed by atoms with Crippen molar-refractivity contribution in [3.8, 4) is 0 Å². The van der Waals surface area contributed by atoms with E-state index in [9.17, 15) is 19.2 Å². The molecule has 1 amide bonds. The lowest BCUT2D eigenvalue weighted by atomic mass is 9.87. The summed E-state index contributed by atoms with van der Waals surface area (Å²) in [4.78, 5) is 48.3. The standard InChI is InChI=1S/C17H21NO7/c1-10(12(15(20)23-2)16(21)24-3)13(17(22)25-4)18-14(19)11-8-6-5-7-9-11/h5-10,12-13H,1-4H3,(H,18,19)/t10-,13+/m0/s1. The molecule has 0 aliphatic carbocycles. The highest BCUT2D eigenvalue weighted by molar-refractivity contribution is 5.99. The molecule has 8 heteroatoms. The van der Waals surface area contributed by atoms with Gasteiger partial charge >= 0.3 is 17.9 Å². The minimum absolute atomic E-state index is 0.316. The van der Waals surface area contributed by atoms with E-state index in [1.807, 2.05) is 0 Å². The van der Waals surface area contributed by atoms with E-state index in [0.29, 0.717) is 5.56 Å². The zero-order valence-electron chi connectivity index (χ0n) is 14.5. The zero-order valence-corrected chi connectivity index (χ0v) is 14.5. The molecule has 1 aromatic rings. The van der Waals surface area contributed by atoms with Crippen molar-refractivity contribution < 1.29 is 33.4 Å². The van der Waals surface area contributed by atoms with Gasteiger partial charge in [-0.3, -0.25) is 14.4 Å². The van der Waals surface area contributed by atoms with Gasteiger partial charge in [0.05, 0.1) is 21.3 Å². The van der Waals surface area contributed by atoms with Gasteiger partial charge in [0.15, 0.2) is 5.92 Å². The summed E-state index contributed by atoms with van der Waals surface area (Å²) in [7, 11) is 3.36. The maximum Gasteiger partial charge on any atom is 0.328 e. The van der Waals surface area contributed by atoms with Crippen LogP contribution in [0.4, 0.5) is 0 Å². The van der Waals surface area contributed by atoms with E-state index in [2.05, 4.69) is 19.5 Å². The molecule has 0 spiro atoms. The van der Waals surface area contributed by atoms with Gasteiger partial charge in [-0.15, -0.1) is 0 Å². The summed E-state index contributed by atoms with van der Waals surface area (Å²) in [6.07, 6.45) is 0. The van der Waals surface area contributed by atoms with Crippen molar-refractivity contribution in [2.24, 2.45) is 11.8 Å². The molecule has 1 rings (SSSR count). The molecule has 2 atom stereocenters. The lowest BCUT2D eigenvalue weighted by Gasteiger charge is -2.27. The lowest BCUT2D eigenvalue weighted by molar-refractivity contribution is -0.162. The fraction of sp³-hybridized carbons (Fsp3) is 0.412. The van der Waals surface area contributed by atoms with Crippen LogP contribution in [0.1, 0.15) is 17.3 Å². The first kappa shape index (κ1) is 20.1. The Morgan fingerprint density at radius 3 is 1.76 bits per heavy atom. The highest BCUT2D eigenvalue weighted by atomic mass is 16.5. The van der Waals surface area contributed by atoms with Crippen LogP contribution in [-0.4, -0.2) is 51.2 Å². The number of ether oxygens (including phenoxy) is 3. The molecule has 1 aromatic carbocycles. The predicted molar refractivity (Wildman–Crippen MR) is 86.4 cm³/mol. The summed E-state index contributed by atoms with van der Waals surface area (Å²) in [6.45, 7) is 1.45. The van der Waals surface area contributed by atoms with Crippen molar-refractivity contribution in [3.05, 3.63) is 35.9 Å². The summed E-state index contributed by atoms with van der Waals surface area (Å²) < 4.78 is 13.9. The Labute approximate surface area is 145 Å². The molecule has 0 bridgehead atoms. The smallest absolute Gasteiger partial charge is 0.328 e. The maximum absolute atomic E-state index is 12.3. The molecule has 0 aliphatic rings. The van der Waals surface area contributed by atoms with Crippen molar-refractivity contribution >= 4 is 23.8 Å². The summed E-state index contributed by atoms with van der Waals surface area (Å²) in [5, 5.41) is 2.49. The van der Waals surface area contributed by atoms with Crippen molar-refractivity contribution in [3.63, 3.8) is 0 Å². The van der Waals surface area contributed by atoms with Crippen LogP contribution in [0.5, 0.6) is 0 Å². The molecule has 0 fully saturated rings. The Hall–Kier alpha value is -2.90. The molecule has 0 aromatic heterocycles. The van der Waals surface area contributed by atoms with Crippen LogP contribution in [-0.2, 0) is 28.6 Å². The van der Waals surface area contributed by atoms with Crippen LogP contribution >= 0.6 is 0 Å². The van der Waals surface area contributed by atoms with Crippen LogP contribution in [0, 0.1) is 11.8 Å². The van der Waals surface area contributed by atoms with E-state index in [1.54, 1.807) is 30.3 Å². The number of methoxy groups -OCH3 is 3. The minimum Gasteiger partial charge on any atom is -0.468 e. The minimum atomic E-state index is -1.39. The third kappa shape index (κ3) is 5.03. The molecule has 8 nitrogen and oxygen atoms in total. The van der Waals surface area contributed by atoms with Crippen LogP contribution < -0.4 is 5.32 Å². The molecule has 0 saturated carbocycles. The van der Waals surface area contributed by atoms with Gasteiger partial charge in [-0.25, -0.2) is 4.79 Å². The van der Waals surface area contributed by atoms with Crippen molar-refractivity contribution in [2.75, 3.05) is 21.3 Å². The number of hydrogen-bond donors (Lipinski definition) is 1. The number of benzene rings is 1. The molecular formula is C17H21NO7. The summed E-state index contributed by atoms with van der Waals surface area (Å²) in [5.74, 6) is -5.44. The van der Waals surface area contributed by atoms with Gasteiger partial charge in [-0.1, -0.05) is 25.1 Å². The first-order valence-electron chi connectivity index (χ1n) is 7.46. The molecule has 25 heavy (non-hydrogen) atoms. The van der Waals surface area contributed by atoms with E-state index in [1.165, 1.54) is 6.92 Å². The van der Waals surface area contributed by atoms with Crippen molar-refractivity contribution in [1.29, 1.82) is 0 Å². The van der Waals surface area contributed by atoms with Gasteiger partial charge in [-0.2, -0.15) is 0 Å². The Morgan fingerprint density at radius 1 is 0.840 bits per heavy atom. The fourth-order valence-corrected chi connectivity index (χ4v) is 2.32. The second-order valence-corrected chi connectivity index (χ2v) is 5.22. The first-order valence-corrected chi connectivity index (χ1v) is 7.46. The van der Waals surface area contributed by atoms with Gasteiger partial charge in [0, 0.05) is 11.5 Å². The lowest BCUT2D eigenvalue weighted by Crippen LogP contribution is -2.51. The van der Waals surface area contributed by atoms with Gasteiger partial charge in [0.2, 0.25) is 0 Å². The molecule has 0 saturated heterocycles. The van der Waals surface area contributed by atoms with Gasteiger partial charge in [-0.05, 0) is 12.1 Å². The third-order valence-electron chi connectivity index (χ3n) is 3.74. The molecule has 0 unspecified atom stereocenters. The van der Waals surface area contributed by atoms with Crippen molar-refractivity contribution in [1.82, 2.24) is 5.32 Å². The topological polar surface area (TPSA) is 108 Å². The average Bonchev–Trinajstić information content (AvgIpc) is 2.65. The molecule has 0 heterocycles. The quantitative estimate of drug-likeness (QED) is 0.434.